The average Bonchev–Trinajstić information content (AvgIpc) is 3.02. The van der Waals surface area contributed by atoms with Crippen LogP contribution in [0.2, 0.25) is 0 Å². The first-order chi connectivity index (χ1) is 12.4. The van der Waals surface area contributed by atoms with Crippen LogP contribution in [0.25, 0.3) is 0 Å². The largest absolute Gasteiger partial charge is 0.376 e. The van der Waals surface area contributed by atoms with E-state index in [4.69, 9.17) is 4.74 Å². The fraction of sp³-hybridized carbons (Fsp3) is 0.412. The Hall–Kier alpha value is -2.39. The molecule has 1 saturated heterocycles. The van der Waals surface area contributed by atoms with E-state index in [0.29, 0.717) is 17.9 Å². The van der Waals surface area contributed by atoms with Crippen LogP contribution in [0.4, 0.5) is 11.4 Å². The summed E-state index contributed by atoms with van der Waals surface area (Å²) in [4.78, 5) is 11.1. The van der Waals surface area contributed by atoms with Crippen LogP contribution in [-0.2, 0) is 26.1 Å². The molecule has 8 nitrogen and oxygen atoms in total. The summed E-state index contributed by atoms with van der Waals surface area (Å²) in [6.45, 7) is 2.76. The maximum Gasteiger partial charge on any atom is 0.261 e. The van der Waals surface area contributed by atoms with E-state index in [1.807, 2.05) is 0 Å². The number of nitrogens with one attached hydrogen (secondary N) is 2. The van der Waals surface area contributed by atoms with Gasteiger partial charge in [0.2, 0.25) is 5.91 Å². The van der Waals surface area contributed by atoms with E-state index in [1.165, 1.54) is 25.3 Å². The van der Waals surface area contributed by atoms with Gasteiger partial charge < -0.3 is 10.1 Å². The Kier molecular flexibility index (Phi) is 5.58. The fourth-order valence-corrected chi connectivity index (χ4v) is 3.84. The van der Waals surface area contributed by atoms with Crippen molar-refractivity contribution in [3.05, 3.63) is 36.7 Å². The molecular formula is C17H22N4O4S. The van der Waals surface area contributed by atoms with Gasteiger partial charge in [-0.3, -0.25) is 14.2 Å². The molecule has 1 aliphatic heterocycles. The number of hydrogen-bond acceptors (Lipinski definition) is 5. The van der Waals surface area contributed by atoms with E-state index in [1.54, 1.807) is 23.0 Å². The van der Waals surface area contributed by atoms with Crippen molar-refractivity contribution in [2.45, 2.75) is 43.7 Å². The molecule has 0 bridgehead atoms. The standard InChI is InChI=1S/C17H22N4O4S/c1-13(22)19-14-5-7-17(8-6-14)26(23,24)20-15-10-18-21(11-15)12-16-4-2-3-9-25-16/h5-8,10-11,16,20H,2-4,9,12H2,1H3,(H,19,22). The number of amides is 1. The van der Waals surface area contributed by atoms with E-state index in [-0.39, 0.29) is 16.9 Å². The normalized spacial score (nSPS) is 17.7. The van der Waals surface area contributed by atoms with Crippen LogP contribution in [0.5, 0.6) is 0 Å². The third kappa shape index (κ3) is 4.83. The van der Waals surface area contributed by atoms with Crippen molar-refractivity contribution >= 4 is 27.3 Å². The van der Waals surface area contributed by atoms with E-state index in [2.05, 4.69) is 15.1 Å². The molecule has 0 aliphatic carbocycles. The Balaban J connectivity index is 1.64. The summed E-state index contributed by atoms with van der Waals surface area (Å²) >= 11 is 0. The molecule has 1 aromatic carbocycles. The molecule has 1 aliphatic rings. The maximum absolute atomic E-state index is 12.5. The van der Waals surface area contributed by atoms with Gasteiger partial charge in [0.15, 0.2) is 0 Å². The van der Waals surface area contributed by atoms with Gasteiger partial charge in [0.1, 0.15) is 0 Å². The molecule has 2 N–H and O–H groups in total. The van der Waals surface area contributed by atoms with Crippen molar-refractivity contribution in [1.29, 1.82) is 0 Å². The SMILES string of the molecule is CC(=O)Nc1ccc(S(=O)(=O)Nc2cnn(CC3CCCCO3)c2)cc1. The number of rotatable bonds is 6. The number of sulfonamides is 1. The lowest BCUT2D eigenvalue weighted by Crippen LogP contribution is -2.24. The number of carbonyl (C=O) groups excluding carboxylic acids is 1. The second-order valence-electron chi connectivity index (χ2n) is 6.25. The fourth-order valence-electron chi connectivity index (χ4n) is 2.81. The van der Waals surface area contributed by atoms with Gasteiger partial charge in [0.05, 0.1) is 29.4 Å². The second-order valence-corrected chi connectivity index (χ2v) is 7.93. The first kappa shape index (κ1) is 18.4. The highest BCUT2D eigenvalue weighted by molar-refractivity contribution is 7.92. The lowest BCUT2D eigenvalue weighted by molar-refractivity contribution is -0.114. The zero-order valence-electron chi connectivity index (χ0n) is 14.5. The third-order valence-corrected chi connectivity index (χ3v) is 5.43. The van der Waals surface area contributed by atoms with Gasteiger partial charge in [-0.15, -0.1) is 0 Å². The molecule has 140 valence electrons. The van der Waals surface area contributed by atoms with Crippen molar-refractivity contribution in [3.63, 3.8) is 0 Å². The van der Waals surface area contributed by atoms with E-state index in [9.17, 15) is 13.2 Å². The number of aromatic nitrogens is 2. The van der Waals surface area contributed by atoms with Crippen LogP contribution in [0, 0.1) is 0 Å². The predicted molar refractivity (Wildman–Crippen MR) is 97.4 cm³/mol. The van der Waals surface area contributed by atoms with E-state index in [0.717, 1.165) is 25.9 Å². The number of anilines is 2. The van der Waals surface area contributed by atoms with Crippen LogP contribution < -0.4 is 10.0 Å². The van der Waals surface area contributed by atoms with Gasteiger partial charge in [-0.25, -0.2) is 8.42 Å². The Bertz CT molecular complexity index is 855. The minimum absolute atomic E-state index is 0.106. The number of carbonyl (C=O) groups is 1. The van der Waals surface area contributed by atoms with Crippen molar-refractivity contribution in [3.8, 4) is 0 Å². The smallest absolute Gasteiger partial charge is 0.261 e. The molecule has 1 aromatic heterocycles. The van der Waals surface area contributed by atoms with Gasteiger partial charge in [-0.05, 0) is 43.5 Å². The molecule has 2 aromatic rings. The van der Waals surface area contributed by atoms with Gasteiger partial charge in [0.25, 0.3) is 10.0 Å². The number of hydrogen-bond donors (Lipinski definition) is 2. The van der Waals surface area contributed by atoms with Crippen molar-refractivity contribution in [2.24, 2.45) is 0 Å². The van der Waals surface area contributed by atoms with E-state index >= 15 is 0 Å². The molecule has 3 rings (SSSR count). The van der Waals surface area contributed by atoms with Crippen molar-refractivity contribution < 1.29 is 17.9 Å². The van der Waals surface area contributed by atoms with Crippen LogP contribution >= 0.6 is 0 Å². The molecule has 1 amide bonds. The van der Waals surface area contributed by atoms with Crippen LogP contribution in [-0.4, -0.2) is 36.8 Å². The van der Waals surface area contributed by atoms with Gasteiger partial charge in [-0.1, -0.05) is 0 Å². The zero-order chi connectivity index (χ0) is 18.6. The summed E-state index contributed by atoms with van der Waals surface area (Å²) in [7, 11) is -3.73. The minimum atomic E-state index is -3.73. The summed E-state index contributed by atoms with van der Waals surface area (Å²) in [5.74, 6) is -0.215. The molecule has 26 heavy (non-hydrogen) atoms. The summed E-state index contributed by atoms with van der Waals surface area (Å²) in [5.41, 5.74) is 0.934. The lowest BCUT2D eigenvalue weighted by atomic mass is 10.1. The third-order valence-electron chi connectivity index (χ3n) is 4.04. The number of ether oxygens (including phenoxy) is 1. The highest BCUT2D eigenvalue weighted by Crippen LogP contribution is 2.19. The molecule has 0 radical (unpaired) electrons. The quantitative estimate of drug-likeness (QED) is 0.802. The minimum Gasteiger partial charge on any atom is -0.376 e. The Labute approximate surface area is 152 Å². The Morgan fingerprint density at radius 1 is 1.27 bits per heavy atom. The number of benzene rings is 1. The van der Waals surface area contributed by atoms with Gasteiger partial charge >= 0.3 is 0 Å². The van der Waals surface area contributed by atoms with Gasteiger partial charge in [0, 0.05) is 25.4 Å². The van der Waals surface area contributed by atoms with Crippen LogP contribution in [0.15, 0.2) is 41.6 Å². The molecular weight excluding hydrogens is 356 g/mol. The average molecular weight is 378 g/mol. The molecule has 0 saturated carbocycles. The van der Waals surface area contributed by atoms with Crippen LogP contribution in [0.3, 0.4) is 0 Å². The molecule has 1 unspecified atom stereocenters. The van der Waals surface area contributed by atoms with Crippen molar-refractivity contribution in [1.82, 2.24) is 9.78 Å². The highest BCUT2D eigenvalue weighted by atomic mass is 32.2. The lowest BCUT2D eigenvalue weighted by Gasteiger charge is -2.22. The molecule has 9 heteroatoms. The molecule has 1 atom stereocenters. The summed E-state index contributed by atoms with van der Waals surface area (Å²) < 4.78 is 34.8. The molecule has 2 heterocycles. The predicted octanol–water partition coefficient (Wildman–Crippen LogP) is 2.21. The summed E-state index contributed by atoms with van der Waals surface area (Å²) in [6.07, 6.45) is 6.46. The first-order valence-electron chi connectivity index (χ1n) is 8.47. The Morgan fingerprint density at radius 3 is 2.69 bits per heavy atom. The van der Waals surface area contributed by atoms with Crippen molar-refractivity contribution in [2.75, 3.05) is 16.6 Å². The first-order valence-corrected chi connectivity index (χ1v) is 9.95. The number of nitrogens with zero attached hydrogens (tertiary/aromatic N) is 2. The Morgan fingerprint density at radius 2 is 2.04 bits per heavy atom. The molecule has 1 fully saturated rings. The maximum atomic E-state index is 12.5. The van der Waals surface area contributed by atoms with Crippen LogP contribution in [0.1, 0.15) is 26.2 Å². The monoisotopic (exact) mass is 378 g/mol. The van der Waals surface area contributed by atoms with E-state index < -0.39 is 10.0 Å². The highest BCUT2D eigenvalue weighted by Gasteiger charge is 2.17. The zero-order valence-corrected chi connectivity index (χ0v) is 15.3. The topological polar surface area (TPSA) is 102 Å². The molecule has 0 spiro atoms. The summed E-state index contributed by atoms with van der Waals surface area (Å²) in [6, 6.07) is 5.96. The summed E-state index contributed by atoms with van der Waals surface area (Å²) in [5, 5.41) is 6.79. The second kappa shape index (κ2) is 7.88. The van der Waals surface area contributed by atoms with Gasteiger partial charge in [-0.2, -0.15) is 5.10 Å².